The van der Waals surface area contributed by atoms with Crippen LogP contribution < -0.4 is 5.32 Å². The van der Waals surface area contributed by atoms with Crippen molar-refractivity contribution in [1.29, 1.82) is 0 Å². The number of fused-ring (bicyclic) bond motifs is 1. The molecule has 1 aliphatic heterocycles. The van der Waals surface area contributed by atoms with E-state index in [-0.39, 0.29) is 5.92 Å². The topological polar surface area (TPSA) is 61.0 Å². The molecule has 0 saturated carbocycles. The smallest absolute Gasteiger partial charge is 0.355 e. The number of alkyl halides is 3. The van der Waals surface area contributed by atoms with Gasteiger partial charge >= 0.3 is 6.18 Å². The van der Waals surface area contributed by atoms with Gasteiger partial charge in [0, 0.05) is 25.0 Å². The summed E-state index contributed by atoms with van der Waals surface area (Å²) in [4.78, 5) is 13.6. The van der Waals surface area contributed by atoms with Gasteiger partial charge < -0.3 is 5.32 Å². The maximum Gasteiger partial charge on any atom is 0.397 e. The predicted octanol–water partition coefficient (Wildman–Crippen LogP) is 2.84. The average Bonchev–Trinajstić information content (AvgIpc) is 2.99. The highest BCUT2D eigenvalue weighted by molar-refractivity contribution is 5.78. The molecule has 2 aromatic rings. The van der Waals surface area contributed by atoms with E-state index in [9.17, 15) is 18.0 Å². The third-order valence-electron chi connectivity index (χ3n) is 4.46. The number of aromatic nitrogens is 2. The predicted molar refractivity (Wildman–Crippen MR) is 87.8 cm³/mol. The van der Waals surface area contributed by atoms with Crippen molar-refractivity contribution in [3.8, 4) is 0 Å². The highest BCUT2D eigenvalue weighted by Gasteiger charge is 2.31. The van der Waals surface area contributed by atoms with Crippen LogP contribution in [0, 0.1) is 5.92 Å². The number of amides is 1. The van der Waals surface area contributed by atoms with Crippen LogP contribution >= 0.6 is 0 Å². The number of carbonyl (C=O) groups excluding carboxylic acids is 1. The highest BCUT2D eigenvalue weighted by atomic mass is 19.4. The summed E-state index contributed by atoms with van der Waals surface area (Å²) in [5, 5.41) is 10.4. The van der Waals surface area contributed by atoms with Crippen LogP contribution in [0.3, 0.4) is 0 Å². The van der Waals surface area contributed by atoms with Crippen LogP contribution in [0.5, 0.6) is 0 Å². The normalized spacial score (nSPS) is 19.2. The second kappa shape index (κ2) is 7.43. The van der Waals surface area contributed by atoms with E-state index in [1.54, 1.807) is 6.20 Å². The summed E-state index contributed by atoms with van der Waals surface area (Å²) in [5.41, 5.74) is 2.16. The number of hydrogen-bond acceptors (Lipinski definition) is 3. The minimum atomic E-state index is -4.45. The molecule has 1 amide bonds. The first kappa shape index (κ1) is 17.7. The van der Waals surface area contributed by atoms with Crippen molar-refractivity contribution in [2.45, 2.75) is 32.0 Å². The van der Waals surface area contributed by atoms with Crippen LogP contribution in [0.2, 0.25) is 0 Å². The highest BCUT2D eigenvalue weighted by Crippen LogP contribution is 2.21. The first-order valence-electron chi connectivity index (χ1n) is 8.37. The summed E-state index contributed by atoms with van der Waals surface area (Å²) in [7, 11) is 0. The fourth-order valence-electron chi connectivity index (χ4n) is 3.30. The molecule has 1 aromatic heterocycles. The van der Waals surface area contributed by atoms with Gasteiger partial charge in [-0.05, 0) is 36.9 Å². The van der Waals surface area contributed by atoms with E-state index in [2.05, 4.69) is 32.5 Å². The molecule has 1 fully saturated rings. The van der Waals surface area contributed by atoms with Crippen LogP contribution in [-0.2, 0) is 11.3 Å². The zero-order valence-corrected chi connectivity index (χ0v) is 13.8. The van der Waals surface area contributed by atoms with Gasteiger partial charge in [0.1, 0.15) is 6.42 Å². The molecule has 3 rings (SSSR count). The molecule has 5 nitrogen and oxygen atoms in total. The number of H-pyrrole nitrogens is 1. The molecular formula is C17H21F3N4O. The number of aromatic amines is 1. The van der Waals surface area contributed by atoms with Gasteiger partial charge in [-0.15, -0.1) is 0 Å². The lowest BCUT2D eigenvalue weighted by Gasteiger charge is -2.32. The summed E-state index contributed by atoms with van der Waals surface area (Å²) < 4.78 is 36.6. The largest absolute Gasteiger partial charge is 0.397 e. The lowest BCUT2D eigenvalue weighted by atomic mass is 9.97. The van der Waals surface area contributed by atoms with E-state index in [0.29, 0.717) is 6.54 Å². The number of likely N-dealkylation sites (tertiary alicyclic amines) is 1. The molecule has 1 aliphatic rings. The van der Waals surface area contributed by atoms with Crippen molar-refractivity contribution < 1.29 is 18.0 Å². The minimum Gasteiger partial charge on any atom is -0.355 e. The molecule has 1 unspecified atom stereocenters. The molecule has 1 atom stereocenters. The SMILES string of the molecule is O=C(CC(F)(F)F)NCC1CCCN(Cc2ccc3cn[nH]c3c2)C1. The van der Waals surface area contributed by atoms with Crippen molar-refractivity contribution in [3.63, 3.8) is 0 Å². The summed E-state index contributed by atoms with van der Waals surface area (Å²) >= 11 is 0. The van der Waals surface area contributed by atoms with Crippen LogP contribution in [0.25, 0.3) is 10.9 Å². The van der Waals surface area contributed by atoms with Crippen LogP contribution in [-0.4, -0.2) is 46.8 Å². The number of carbonyl (C=O) groups is 1. The monoisotopic (exact) mass is 354 g/mol. The van der Waals surface area contributed by atoms with Gasteiger partial charge in [-0.2, -0.15) is 18.3 Å². The maximum absolute atomic E-state index is 12.2. The van der Waals surface area contributed by atoms with Crippen LogP contribution in [0.15, 0.2) is 24.4 Å². The van der Waals surface area contributed by atoms with Crippen molar-refractivity contribution in [2.75, 3.05) is 19.6 Å². The number of piperidine rings is 1. The Morgan fingerprint density at radius 2 is 2.24 bits per heavy atom. The Balaban J connectivity index is 1.50. The molecule has 0 radical (unpaired) electrons. The summed E-state index contributed by atoms with van der Waals surface area (Å²) in [6.45, 7) is 2.80. The Hall–Kier alpha value is -2.09. The molecule has 1 aromatic carbocycles. The Morgan fingerprint density at radius 1 is 1.40 bits per heavy atom. The lowest BCUT2D eigenvalue weighted by Crippen LogP contribution is -2.41. The minimum absolute atomic E-state index is 0.182. The number of benzene rings is 1. The molecule has 25 heavy (non-hydrogen) atoms. The molecule has 2 heterocycles. The third kappa shape index (κ3) is 5.19. The Kier molecular flexibility index (Phi) is 5.27. The van der Waals surface area contributed by atoms with E-state index in [0.717, 1.165) is 43.4 Å². The van der Waals surface area contributed by atoms with E-state index in [1.165, 1.54) is 5.56 Å². The molecule has 1 saturated heterocycles. The van der Waals surface area contributed by atoms with Gasteiger partial charge in [0.15, 0.2) is 0 Å². The number of halogens is 3. The number of rotatable bonds is 5. The third-order valence-corrected chi connectivity index (χ3v) is 4.46. The number of nitrogens with one attached hydrogen (secondary N) is 2. The Morgan fingerprint density at radius 3 is 3.04 bits per heavy atom. The molecule has 0 aliphatic carbocycles. The zero-order chi connectivity index (χ0) is 17.9. The van der Waals surface area contributed by atoms with E-state index in [4.69, 9.17) is 0 Å². The fraction of sp³-hybridized carbons (Fsp3) is 0.529. The second-order valence-corrected chi connectivity index (χ2v) is 6.63. The Bertz CT molecular complexity index is 728. The van der Waals surface area contributed by atoms with Gasteiger partial charge in [-0.25, -0.2) is 0 Å². The molecule has 136 valence electrons. The Labute approximate surface area is 143 Å². The average molecular weight is 354 g/mol. The summed E-state index contributed by atoms with van der Waals surface area (Å²) in [5.74, 6) is -0.767. The summed E-state index contributed by atoms with van der Waals surface area (Å²) in [6.07, 6.45) is -2.18. The molecule has 0 bridgehead atoms. The van der Waals surface area contributed by atoms with Crippen molar-refractivity contribution in [1.82, 2.24) is 20.4 Å². The lowest BCUT2D eigenvalue weighted by molar-refractivity contribution is -0.153. The maximum atomic E-state index is 12.2. The quantitative estimate of drug-likeness (QED) is 0.868. The first-order chi connectivity index (χ1) is 11.9. The van der Waals surface area contributed by atoms with Crippen LogP contribution in [0.1, 0.15) is 24.8 Å². The van der Waals surface area contributed by atoms with Crippen molar-refractivity contribution in [3.05, 3.63) is 30.0 Å². The van der Waals surface area contributed by atoms with Crippen LogP contribution in [0.4, 0.5) is 13.2 Å². The van der Waals surface area contributed by atoms with Crippen molar-refractivity contribution in [2.24, 2.45) is 5.92 Å². The van der Waals surface area contributed by atoms with Gasteiger partial charge in [-0.1, -0.05) is 12.1 Å². The summed E-state index contributed by atoms with van der Waals surface area (Å²) in [6, 6.07) is 6.15. The molecule has 0 spiro atoms. The molecule has 8 heteroatoms. The van der Waals surface area contributed by atoms with E-state index in [1.807, 2.05) is 6.07 Å². The molecule has 2 N–H and O–H groups in total. The number of nitrogens with zero attached hydrogens (tertiary/aromatic N) is 2. The fourth-order valence-corrected chi connectivity index (χ4v) is 3.30. The zero-order valence-electron chi connectivity index (χ0n) is 13.8. The standard InChI is InChI=1S/C17H21F3N4O/c18-17(19,20)7-16(25)21-8-13-2-1-5-24(11-13)10-12-3-4-14-9-22-23-15(14)6-12/h3-4,6,9,13H,1-2,5,7-8,10-11H2,(H,21,25)(H,22,23). The second-order valence-electron chi connectivity index (χ2n) is 6.63. The number of hydrogen-bond donors (Lipinski definition) is 2. The van der Waals surface area contributed by atoms with E-state index >= 15 is 0 Å². The van der Waals surface area contributed by atoms with Gasteiger partial charge in [0.25, 0.3) is 0 Å². The first-order valence-corrected chi connectivity index (χ1v) is 8.37. The van der Waals surface area contributed by atoms with E-state index < -0.39 is 18.5 Å². The van der Waals surface area contributed by atoms with Gasteiger partial charge in [0.05, 0.1) is 11.7 Å². The van der Waals surface area contributed by atoms with Gasteiger partial charge in [0.2, 0.25) is 5.91 Å². The van der Waals surface area contributed by atoms with Gasteiger partial charge in [-0.3, -0.25) is 14.8 Å². The molecular weight excluding hydrogens is 333 g/mol. The van der Waals surface area contributed by atoms with Crippen molar-refractivity contribution >= 4 is 16.8 Å².